The van der Waals surface area contributed by atoms with Gasteiger partial charge in [-0.1, -0.05) is 62.2 Å². The van der Waals surface area contributed by atoms with E-state index < -0.39 is 11.2 Å². The van der Waals surface area contributed by atoms with Gasteiger partial charge in [0, 0.05) is 6.61 Å². The van der Waals surface area contributed by atoms with Gasteiger partial charge in [-0.05, 0) is 25.3 Å². The monoisotopic (exact) mass is 260 g/mol. The Labute approximate surface area is 116 Å². The second kappa shape index (κ2) is 5.89. The minimum Gasteiger partial charge on any atom is -0.386 e. The Morgan fingerprint density at radius 3 is 2.42 bits per heavy atom. The van der Waals surface area contributed by atoms with Gasteiger partial charge >= 0.3 is 0 Å². The Morgan fingerprint density at radius 1 is 1.26 bits per heavy atom. The van der Waals surface area contributed by atoms with Crippen molar-refractivity contribution in [3.8, 4) is 0 Å². The normalized spacial score (nSPS) is 21.6. The number of hydrogen-bond donors (Lipinski definition) is 1. The molecule has 0 bridgehead atoms. The highest BCUT2D eigenvalue weighted by Crippen LogP contribution is 2.46. The summed E-state index contributed by atoms with van der Waals surface area (Å²) in [7, 11) is 0. The van der Waals surface area contributed by atoms with Gasteiger partial charge in [-0.25, -0.2) is 0 Å². The average molecular weight is 260 g/mol. The molecule has 0 saturated heterocycles. The quantitative estimate of drug-likeness (QED) is 0.816. The number of ether oxygens (including phenoxy) is 1. The Morgan fingerprint density at radius 2 is 1.89 bits per heavy atom. The van der Waals surface area contributed by atoms with Crippen LogP contribution in [0.15, 0.2) is 43.0 Å². The SMILES string of the molecule is C=CC(OCC)(c1ccccc1)C1(O)CCCCC1. The molecule has 0 aliphatic heterocycles. The average Bonchev–Trinajstić information content (AvgIpc) is 2.46. The van der Waals surface area contributed by atoms with E-state index in [-0.39, 0.29) is 0 Å². The van der Waals surface area contributed by atoms with Gasteiger partial charge in [0.25, 0.3) is 0 Å². The van der Waals surface area contributed by atoms with Gasteiger partial charge in [0.05, 0.1) is 0 Å². The molecule has 0 radical (unpaired) electrons. The Balaban J connectivity index is 2.47. The van der Waals surface area contributed by atoms with Crippen LogP contribution in [0.2, 0.25) is 0 Å². The van der Waals surface area contributed by atoms with Gasteiger partial charge in [-0.2, -0.15) is 0 Å². The molecular formula is C17H24O2. The van der Waals surface area contributed by atoms with E-state index in [0.717, 1.165) is 31.2 Å². The molecule has 19 heavy (non-hydrogen) atoms. The first kappa shape index (κ1) is 14.3. The second-order valence-electron chi connectivity index (χ2n) is 5.33. The zero-order valence-corrected chi connectivity index (χ0v) is 11.8. The fourth-order valence-electron chi connectivity index (χ4n) is 3.27. The van der Waals surface area contributed by atoms with Crippen LogP contribution < -0.4 is 0 Å². The number of hydrogen-bond acceptors (Lipinski definition) is 2. The van der Waals surface area contributed by atoms with Crippen LogP contribution >= 0.6 is 0 Å². The first-order valence-corrected chi connectivity index (χ1v) is 7.24. The summed E-state index contributed by atoms with van der Waals surface area (Å²) >= 11 is 0. The standard InChI is InChI=1S/C17H24O2/c1-3-17(19-4-2,15-11-7-5-8-12-15)16(18)13-9-6-10-14-16/h3,5,7-8,11-12,18H,1,4,6,9-10,13-14H2,2H3. The highest BCUT2D eigenvalue weighted by molar-refractivity contribution is 5.32. The van der Waals surface area contributed by atoms with Gasteiger partial charge in [0.2, 0.25) is 0 Å². The maximum absolute atomic E-state index is 11.2. The lowest BCUT2D eigenvalue weighted by Crippen LogP contribution is -2.53. The molecule has 2 rings (SSSR count). The molecule has 0 spiro atoms. The maximum Gasteiger partial charge on any atom is 0.139 e. The summed E-state index contributed by atoms with van der Waals surface area (Å²) in [6.07, 6.45) is 6.62. The molecule has 1 unspecified atom stereocenters. The van der Waals surface area contributed by atoms with E-state index in [2.05, 4.69) is 6.58 Å². The van der Waals surface area contributed by atoms with Gasteiger partial charge in [-0.15, -0.1) is 0 Å². The van der Waals surface area contributed by atoms with Crippen LogP contribution in [0, 0.1) is 0 Å². The lowest BCUT2D eigenvalue weighted by molar-refractivity contribution is -0.175. The van der Waals surface area contributed by atoms with Crippen LogP contribution in [0.3, 0.4) is 0 Å². The van der Waals surface area contributed by atoms with Crippen molar-refractivity contribution in [3.63, 3.8) is 0 Å². The Kier molecular flexibility index (Phi) is 4.43. The molecule has 2 heteroatoms. The van der Waals surface area contributed by atoms with E-state index in [9.17, 15) is 5.11 Å². The summed E-state index contributed by atoms with van der Waals surface area (Å²) in [5, 5.41) is 11.2. The lowest BCUT2D eigenvalue weighted by Gasteiger charge is -2.47. The number of benzene rings is 1. The second-order valence-corrected chi connectivity index (χ2v) is 5.33. The summed E-state index contributed by atoms with van der Waals surface area (Å²) in [4.78, 5) is 0. The van der Waals surface area contributed by atoms with Crippen molar-refractivity contribution in [1.29, 1.82) is 0 Å². The molecule has 104 valence electrons. The molecule has 0 aromatic heterocycles. The van der Waals surface area contributed by atoms with E-state index in [0.29, 0.717) is 6.61 Å². The largest absolute Gasteiger partial charge is 0.386 e. The minimum atomic E-state index is -0.843. The summed E-state index contributed by atoms with van der Waals surface area (Å²) in [6, 6.07) is 9.99. The predicted octanol–water partition coefficient (Wildman–Crippen LogP) is 3.80. The zero-order valence-electron chi connectivity index (χ0n) is 11.8. The van der Waals surface area contributed by atoms with Crippen molar-refractivity contribution in [2.24, 2.45) is 0 Å². The van der Waals surface area contributed by atoms with Crippen molar-refractivity contribution in [3.05, 3.63) is 48.6 Å². The van der Waals surface area contributed by atoms with Crippen molar-refractivity contribution in [2.45, 2.75) is 50.2 Å². The van der Waals surface area contributed by atoms with E-state index in [1.165, 1.54) is 6.42 Å². The summed E-state index contributed by atoms with van der Waals surface area (Å²) in [5.74, 6) is 0. The van der Waals surface area contributed by atoms with Crippen LogP contribution in [-0.4, -0.2) is 17.3 Å². The predicted molar refractivity (Wildman–Crippen MR) is 78.0 cm³/mol. The molecule has 1 aromatic rings. The molecule has 1 atom stereocenters. The first-order valence-electron chi connectivity index (χ1n) is 7.24. The smallest absolute Gasteiger partial charge is 0.139 e. The van der Waals surface area contributed by atoms with Crippen molar-refractivity contribution in [1.82, 2.24) is 0 Å². The Hall–Kier alpha value is -1.12. The summed E-state index contributed by atoms with van der Waals surface area (Å²) < 4.78 is 6.04. The van der Waals surface area contributed by atoms with E-state index in [1.807, 2.05) is 37.3 Å². The molecule has 1 fully saturated rings. The fraction of sp³-hybridized carbons (Fsp3) is 0.529. The third kappa shape index (κ3) is 2.47. The molecule has 1 aliphatic carbocycles. The van der Waals surface area contributed by atoms with Crippen molar-refractivity contribution >= 4 is 0 Å². The van der Waals surface area contributed by atoms with Gasteiger partial charge < -0.3 is 9.84 Å². The van der Waals surface area contributed by atoms with Gasteiger partial charge in [0.15, 0.2) is 0 Å². The molecular weight excluding hydrogens is 236 g/mol. The van der Waals surface area contributed by atoms with Gasteiger partial charge in [0.1, 0.15) is 11.2 Å². The lowest BCUT2D eigenvalue weighted by atomic mass is 9.69. The molecule has 2 nitrogen and oxygen atoms in total. The number of aliphatic hydroxyl groups is 1. The third-order valence-corrected chi connectivity index (χ3v) is 4.23. The van der Waals surface area contributed by atoms with E-state index >= 15 is 0 Å². The highest BCUT2D eigenvalue weighted by Gasteiger charge is 2.50. The highest BCUT2D eigenvalue weighted by atomic mass is 16.5. The summed E-state index contributed by atoms with van der Waals surface area (Å²) in [6.45, 7) is 6.49. The molecule has 1 aliphatic rings. The molecule has 1 aromatic carbocycles. The first-order chi connectivity index (χ1) is 9.18. The zero-order chi connectivity index (χ0) is 13.8. The molecule has 1 saturated carbocycles. The Bertz CT molecular complexity index is 407. The van der Waals surface area contributed by atoms with Crippen LogP contribution in [0.4, 0.5) is 0 Å². The fourth-order valence-corrected chi connectivity index (χ4v) is 3.27. The number of rotatable bonds is 5. The third-order valence-electron chi connectivity index (χ3n) is 4.23. The van der Waals surface area contributed by atoms with Crippen molar-refractivity contribution < 1.29 is 9.84 Å². The van der Waals surface area contributed by atoms with Crippen LogP contribution in [-0.2, 0) is 10.3 Å². The van der Waals surface area contributed by atoms with Crippen LogP contribution in [0.5, 0.6) is 0 Å². The van der Waals surface area contributed by atoms with Crippen molar-refractivity contribution in [2.75, 3.05) is 6.61 Å². The van der Waals surface area contributed by atoms with Crippen LogP contribution in [0.1, 0.15) is 44.6 Å². The van der Waals surface area contributed by atoms with E-state index in [1.54, 1.807) is 6.08 Å². The topological polar surface area (TPSA) is 29.5 Å². The molecule has 1 N–H and O–H groups in total. The molecule has 0 heterocycles. The molecule has 0 amide bonds. The van der Waals surface area contributed by atoms with E-state index in [4.69, 9.17) is 4.74 Å². The van der Waals surface area contributed by atoms with Crippen LogP contribution in [0.25, 0.3) is 0 Å². The van der Waals surface area contributed by atoms with Gasteiger partial charge in [-0.3, -0.25) is 0 Å². The minimum absolute atomic E-state index is 0.559. The maximum atomic E-state index is 11.2. The summed E-state index contributed by atoms with van der Waals surface area (Å²) in [5.41, 5.74) is -0.635.